The summed E-state index contributed by atoms with van der Waals surface area (Å²) in [4.78, 5) is 43.3. The second kappa shape index (κ2) is 12.1. The van der Waals surface area contributed by atoms with Crippen molar-refractivity contribution in [1.29, 1.82) is 0 Å². The van der Waals surface area contributed by atoms with Gasteiger partial charge in [-0.15, -0.1) is 0 Å². The Bertz CT molecular complexity index is 1260. The average Bonchev–Trinajstić information content (AvgIpc) is 3.55. The van der Waals surface area contributed by atoms with Gasteiger partial charge in [0.05, 0.1) is 37.2 Å². The highest BCUT2D eigenvalue weighted by molar-refractivity contribution is 9.09. The van der Waals surface area contributed by atoms with Crippen LogP contribution in [0.5, 0.6) is 5.75 Å². The highest BCUT2D eigenvalue weighted by atomic mass is 79.9. The number of aliphatic hydroxyl groups excluding tert-OH is 1. The Hall–Kier alpha value is -2.95. The maximum atomic E-state index is 14.3. The van der Waals surface area contributed by atoms with Gasteiger partial charge in [-0.2, -0.15) is 0 Å². The van der Waals surface area contributed by atoms with Crippen molar-refractivity contribution in [3.05, 3.63) is 60.2 Å². The number of aliphatic hydroxyl groups is 1. The molecule has 0 radical (unpaired) electrons. The van der Waals surface area contributed by atoms with Gasteiger partial charge in [0.2, 0.25) is 17.7 Å². The number of amides is 3. The maximum absolute atomic E-state index is 14.3. The molecule has 3 heterocycles. The second-order valence-corrected chi connectivity index (χ2v) is 12.7. The van der Waals surface area contributed by atoms with E-state index in [2.05, 4.69) is 26.6 Å². The second-order valence-electron chi connectivity index (χ2n) is 11.5. The molecule has 2 bridgehead atoms. The predicted octanol–water partition coefficient (Wildman–Crippen LogP) is 3.50. The number of hydrogen-bond acceptors (Lipinski definition) is 6. The highest BCUT2D eigenvalue weighted by Crippen LogP contribution is 2.60. The number of alkyl halides is 1. The van der Waals surface area contributed by atoms with Crippen LogP contribution in [0.4, 0.5) is 5.69 Å². The molecule has 3 aliphatic heterocycles. The number of ether oxygens (including phenoxy) is 2. The first-order chi connectivity index (χ1) is 19.7. The number of rotatable bonds is 11. The van der Waals surface area contributed by atoms with E-state index in [1.165, 1.54) is 4.90 Å². The predicted molar refractivity (Wildman–Crippen MR) is 157 cm³/mol. The molecule has 0 aromatic heterocycles. The van der Waals surface area contributed by atoms with Crippen molar-refractivity contribution in [1.82, 2.24) is 10.2 Å². The molecule has 2 aromatic rings. The van der Waals surface area contributed by atoms with Gasteiger partial charge >= 0.3 is 0 Å². The zero-order valence-corrected chi connectivity index (χ0v) is 25.2. The van der Waals surface area contributed by atoms with Crippen molar-refractivity contribution in [2.45, 2.75) is 68.8 Å². The topological polar surface area (TPSA) is 117 Å². The van der Waals surface area contributed by atoms with Gasteiger partial charge in [-0.3, -0.25) is 14.4 Å². The molecular weight excluding hydrogens is 590 g/mol. The van der Waals surface area contributed by atoms with Gasteiger partial charge in [0.25, 0.3) is 0 Å². The van der Waals surface area contributed by atoms with Gasteiger partial charge in [-0.25, -0.2) is 0 Å². The molecule has 3 aliphatic rings. The Balaban J connectivity index is 1.46. The number of carbonyl (C=O) groups is 3. The van der Waals surface area contributed by atoms with E-state index in [1.54, 1.807) is 24.3 Å². The summed E-state index contributed by atoms with van der Waals surface area (Å²) in [5.74, 6) is -1.79. The summed E-state index contributed by atoms with van der Waals surface area (Å²) in [6, 6.07) is 15.0. The van der Waals surface area contributed by atoms with E-state index < -0.39 is 35.6 Å². The van der Waals surface area contributed by atoms with Gasteiger partial charge < -0.3 is 30.1 Å². The van der Waals surface area contributed by atoms with Crippen LogP contribution in [0.2, 0.25) is 0 Å². The van der Waals surface area contributed by atoms with Crippen molar-refractivity contribution in [2.24, 2.45) is 17.8 Å². The third kappa shape index (κ3) is 5.49. The minimum absolute atomic E-state index is 0.172. The number of carbonyl (C=O) groups excluding carboxylic acids is 3. The first kappa shape index (κ1) is 29.5. The lowest BCUT2D eigenvalue weighted by Crippen LogP contribution is -2.58. The molecule has 3 unspecified atom stereocenters. The fourth-order valence-corrected chi connectivity index (χ4v) is 7.73. The molecule has 1 spiro atoms. The average molecular weight is 629 g/mol. The van der Waals surface area contributed by atoms with E-state index in [1.807, 2.05) is 51.1 Å². The Morgan fingerprint density at radius 2 is 1.85 bits per heavy atom. The standard InChI is InChI=1S/C31H38BrN3O6/c1-4-40-22-12-10-20(11-13-22)34-28(37)24-25-30(39)35(21(17-36)14-18(2)3)27(31(25)15-23(32)26(24)41-31)29(38)33-16-19-8-6-5-7-9-19/h5-13,18,21,23-27,36H,4,14-17H2,1-3H3,(H,33,38)(H,34,37)/t21-,23?,24+,25+,26+,27?,31?/m1/s1. The lowest BCUT2D eigenvalue weighted by Gasteiger charge is -2.37. The summed E-state index contributed by atoms with van der Waals surface area (Å²) in [6.07, 6.45) is 0.342. The molecule has 41 heavy (non-hydrogen) atoms. The molecule has 3 N–H and O–H groups in total. The molecule has 10 heteroatoms. The first-order valence-electron chi connectivity index (χ1n) is 14.3. The van der Waals surface area contributed by atoms with Crippen LogP contribution in [0.15, 0.2) is 54.6 Å². The minimum Gasteiger partial charge on any atom is -0.494 e. The van der Waals surface area contributed by atoms with E-state index in [9.17, 15) is 19.5 Å². The number of halogens is 1. The maximum Gasteiger partial charge on any atom is 0.246 e. The zero-order chi connectivity index (χ0) is 29.3. The molecule has 0 aliphatic carbocycles. The molecule has 7 atom stereocenters. The third-order valence-electron chi connectivity index (χ3n) is 8.37. The molecule has 0 saturated carbocycles. The van der Waals surface area contributed by atoms with Gasteiger partial charge in [0, 0.05) is 17.1 Å². The molecular formula is C31H38BrN3O6. The van der Waals surface area contributed by atoms with Crippen LogP contribution < -0.4 is 15.4 Å². The Morgan fingerprint density at radius 1 is 1.15 bits per heavy atom. The Morgan fingerprint density at radius 3 is 2.49 bits per heavy atom. The monoisotopic (exact) mass is 627 g/mol. The lowest BCUT2D eigenvalue weighted by atomic mass is 9.70. The van der Waals surface area contributed by atoms with Gasteiger partial charge in [0.15, 0.2) is 0 Å². The number of benzene rings is 2. The fourth-order valence-electron chi connectivity index (χ4n) is 6.79. The normalized spacial score (nSPS) is 29.0. The van der Waals surface area contributed by atoms with E-state index in [-0.39, 0.29) is 41.6 Å². The molecule has 3 fully saturated rings. The summed E-state index contributed by atoms with van der Waals surface area (Å²) in [5, 5.41) is 16.4. The van der Waals surface area contributed by atoms with Crippen molar-refractivity contribution in [3.63, 3.8) is 0 Å². The summed E-state index contributed by atoms with van der Waals surface area (Å²) < 4.78 is 12.1. The lowest BCUT2D eigenvalue weighted by molar-refractivity contribution is -0.145. The van der Waals surface area contributed by atoms with Crippen LogP contribution in [-0.2, 0) is 25.7 Å². The van der Waals surface area contributed by atoms with Crippen LogP contribution in [0.3, 0.4) is 0 Å². The number of nitrogens with one attached hydrogen (secondary N) is 2. The summed E-state index contributed by atoms with van der Waals surface area (Å²) in [5.41, 5.74) is 0.310. The number of hydrogen-bond donors (Lipinski definition) is 3. The van der Waals surface area contributed by atoms with E-state index in [4.69, 9.17) is 9.47 Å². The van der Waals surface area contributed by atoms with Crippen LogP contribution >= 0.6 is 15.9 Å². The van der Waals surface area contributed by atoms with Gasteiger partial charge in [0.1, 0.15) is 17.4 Å². The van der Waals surface area contributed by atoms with E-state index in [0.717, 1.165) is 5.56 Å². The van der Waals surface area contributed by atoms with E-state index >= 15 is 0 Å². The summed E-state index contributed by atoms with van der Waals surface area (Å²) in [7, 11) is 0. The van der Waals surface area contributed by atoms with Crippen LogP contribution in [-0.4, -0.2) is 69.6 Å². The Kier molecular flexibility index (Phi) is 8.73. The largest absolute Gasteiger partial charge is 0.494 e. The molecule has 220 valence electrons. The smallest absolute Gasteiger partial charge is 0.246 e. The molecule has 3 amide bonds. The van der Waals surface area contributed by atoms with Crippen molar-refractivity contribution in [2.75, 3.05) is 18.5 Å². The minimum atomic E-state index is -1.19. The first-order valence-corrected chi connectivity index (χ1v) is 15.2. The SMILES string of the molecule is CCOc1ccc(NC(=O)[C@H]2[C@H]3C(=O)N([C@@H](CO)CC(C)C)C(C(=O)NCc4ccccc4)C34CC(Br)[C@@H]2O4)cc1. The highest BCUT2D eigenvalue weighted by Gasteiger charge is 2.77. The van der Waals surface area contributed by atoms with Crippen molar-refractivity contribution in [3.8, 4) is 5.75 Å². The number of fused-ring (bicyclic) bond motifs is 1. The Labute approximate surface area is 249 Å². The molecule has 3 saturated heterocycles. The fraction of sp³-hybridized carbons (Fsp3) is 0.516. The van der Waals surface area contributed by atoms with E-state index in [0.29, 0.717) is 30.9 Å². The molecule has 5 rings (SSSR count). The quantitative estimate of drug-likeness (QED) is 0.328. The number of anilines is 1. The van der Waals surface area contributed by atoms with Crippen molar-refractivity contribution < 1.29 is 29.0 Å². The van der Waals surface area contributed by atoms with Gasteiger partial charge in [-0.05, 0) is 55.5 Å². The number of nitrogens with zero attached hydrogens (tertiary/aromatic N) is 1. The summed E-state index contributed by atoms with van der Waals surface area (Å²) >= 11 is 3.70. The number of likely N-dealkylation sites (tertiary alicyclic amines) is 1. The molecule has 9 nitrogen and oxygen atoms in total. The van der Waals surface area contributed by atoms with Crippen LogP contribution in [0.1, 0.15) is 39.2 Å². The van der Waals surface area contributed by atoms with Crippen molar-refractivity contribution >= 4 is 39.3 Å². The summed E-state index contributed by atoms with van der Waals surface area (Å²) in [6.45, 7) is 6.45. The van der Waals surface area contributed by atoms with Crippen LogP contribution in [0.25, 0.3) is 0 Å². The third-order valence-corrected chi connectivity index (χ3v) is 9.21. The van der Waals surface area contributed by atoms with Crippen LogP contribution in [0, 0.1) is 17.8 Å². The zero-order valence-electron chi connectivity index (χ0n) is 23.6. The van der Waals surface area contributed by atoms with Gasteiger partial charge in [-0.1, -0.05) is 60.1 Å². The molecule has 2 aromatic carbocycles.